The van der Waals surface area contributed by atoms with Crippen LogP contribution < -0.4 is 5.32 Å². The predicted molar refractivity (Wildman–Crippen MR) is 100.0 cm³/mol. The van der Waals surface area contributed by atoms with Crippen LogP contribution in [-0.4, -0.2) is 12.5 Å². The molecule has 2 nitrogen and oxygen atoms in total. The van der Waals surface area contributed by atoms with Crippen LogP contribution in [-0.2, 0) is 0 Å². The zero-order valence-corrected chi connectivity index (χ0v) is 16.2. The quantitative estimate of drug-likeness (QED) is 0.637. The lowest BCUT2D eigenvalue weighted by atomic mass is 9.65. The van der Waals surface area contributed by atoms with Gasteiger partial charge in [0.25, 0.3) is 5.91 Å². The number of hydrogen-bond acceptors (Lipinski definition) is 1. The first-order chi connectivity index (χ1) is 10.7. The minimum atomic E-state index is -0.0168. The topological polar surface area (TPSA) is 29.1 Å². The molecule has 23 heavy (non-hydrogen) atoms. The molecule has 0 unspecified atom stereocenters. The van der Waals surface area contributed by atoms with Crippen molar-refractivity contribution in [2.24, 2.45) is 23.2 Å². The molecule has 0 atom stereocenters. The van der Waals surface area contributed by atoms with Crippen molar-refractivity contribution >= 4 is 17.5 Å². The Hall–Kier alpha value is -1.02. The maximum atomic E-state index is 12.4. The average Bonchev–Trinajstić information content (AvgIpc) is 2.47. The molecule has 1 amide bonds. The van der Waals surface area contributed by atoms with E-state index >= 15 is 0 Å². The van der Waals surface area contributed by atoms with Crippen LogP contribution in [0.15, 0.2) is 24.3 Å². The van der Waals surface area contributed by atoms with E-state index in [9.17, 15) is 4.79 Å². The standard InChI is InChI=1S/C20H32ClNO/c1-14(2)11-12-20(15(3)4,16(5)6)13-22-19(23)17-7-9-18(21)10-8-17/h7-10,14-16H,11-13H2,1-6H3,(H,22,23). The summed E-state index contributed by atoms with van der Waals surface area (Å²) in [4.78, 5) is 12.4. The number of benzene rings is 1. The maximum absolute atomic E-state index is 12.4. The number of carbonyl (C=O) groups is 1. The number of amides is 1. The van der Waals surface area contributed by atoms with E-state index in [-0.39, 0.29) is 11.3 Å². The van der Waals surface area contributed by atoms with E-state index in [1.165, 1.54) is 6.42 Å². The third kappa shape index (κ3) is 5.53. The van der Waals surface area contributed by atoms with Crippen molar-refractivity contribution in [2.75, 3.05) is 6.54 Å². The van der Waals surface area contributed by atoms with E-state index in [1.54, 1.807) is 24.3 Å². The highest BCUT2D eigenvalue weighted by Gasteiger charge is 2.37. The van der Waals surface area contributed by atoms with Crippen molar-refractivity contribution in [3.8, 4) is 0 Å². The van der Waals surface area contributed by atoms with E-state index in [1.807, 2.05) is 0 Å². The molecule has 0 aromatic heterocycles. The predicted octanol–water partition coefficient (Wildman–Crippen LogP) is 5.80. The Labute approximate surface area is 147 Å². The molecule has 0 saturated carbocycles. The molecule has 130 valence electrons. The summed E-state index contributed by atoms with van der Waals surface area (Å²) >= 11 is 5.89. The number of halogens is 1. The summed E-state index contributed by atoms with van der Waals surface area (Å²) in [7, 11) is 0. The second kappa shape index (κ2) is 8.73. The van der Waals surface area contributed by atoms with Crippen LogP contribution >= 0.6 is 11.6 Å². The van der Waals surface area contributed by atoms with Crippen LogP contribution in [0.25, 0.3) is 0 Å². The van der Waals surface area contributed by atoms with Gasteiger partial charge in [0.1, 0.15) is 0 Å². The highest BCUT2D eigenvalue weighted by molar-refractivity contribution is 6.30. The van der Waals surface area contributed by atoms with Gasteiger partial charge in [-0.3, -0.25) is 4.79 Å². The van der Waals surface area contributed by atoms with Crippen LogP contribution in [0.1, 0.15) is 64.7 Å². The molecule has 1 rings (SSSR count). The molecule has 0 radical (unpaired) electrons. The monoisotopic (exact) mass is 337 g/mol. The Morgan fingerprint density at radius 2 is 1.57 bits per heavy atom. The molecule has 3 heteroatoms. The minimum absolute atomic E-state index is 0.0168. The van der Waals surface area contributed by atoms with Crippen LogP contribution in [0.4, 0.5) is 0 Å². The Bertz CT molecular complexity index is 483. The molecule has 0 saturated heterocycles. The molecule has 1 N–H and O–H groups in total. The van der Waals surface area contributed by atoms with Crippen LogP contribution in [0.3, 0.4) is 0 Å². The van der Waals surface area contributed by atoms with Gasteiger partial charge in [0.15, 0.2) is 0 Å². The second-order valence-corrected chi connectivity index (χ2v) is 8.10. The van der Waals surface area contributed by atoms with Gasteiger partial charge in [0.2, 0.25) is 0 Å². The first kappa shape index (κ1) is 20.0. The Kier molecular flexibility index (Phi) is 7.60. The Morgan fingerprint density at radius 3 is 2.00 bits per heavy atom. The van der Waals surface area contributed by atoms with Gasteiger partial charge >= 0.3 is 0 Å². The molecule has 0 spiro atoms. The van der Waals surface area contributed by atoms with Crippen molar-refractivity contribution in [3.63, 3.8) is 0 Å². The molecule has 0 aliphatic heterocycles. The lowest BCUT2D eigenvalue weighted by Gasteiger charge is -2.42. The molecule has 1 aromatic rings. The average molecular weight is 338 g/mol. The van der Waals surface area contributed by atoms with Crippen molar-refractivity contribution in [1.29, 1.82) is 0 Å². The van der Waals surface area contributed by atoms with Gasteiger partial charge in [-0.05, 0) is 53.9 Å². The normalized spacial score (nSPS) is 12.3. The van der Waals surface area contributed by atoms with Gasteiger partial charge in [0.05, 0.1) is 0 Å². The van der Waals surface area contributed by atoms with Gasteiger partial charge < -0.3 is 5.32 Å². The molecule has 0 bridgehead atoms. The fourth-order valence-electron chi connectivity index (χ4n) is 3.25. The number of nitrogens with one attached hydrogen (secondary N) is 1. The number of hydrogen-bond donors (Lipinski definition) is 1. The molecule has 0 heterocycles. The fraction of sp³-hybridized carbons (Fsp3) is 0.650. The van der Waals surface area contributed by atoms with Crippen LogP contribution in [0, 0.1) is 23.2 Å². The highest BCUT2D eigenvalue weighted by atomic mass is 35.5. The Balaban J connectivity index is 2.84. The molecular weight excluding hydrogens is 306 g/mol. The highest BCUT2D eigenvalue weighted by Crippen LogP contribution is 2.40. The molecule has 0 aliphatic carbocycles. The summed E-state index contributed by atoms with van der Waals surface area (Å²) in [5.41, 5.74) is 0.798. The van der Waals surface area contributed by atoms with Crippen LogP contribution in [0.2, 0.25) is 5.02 Å². The van der Waals surface area contributed by atoms with Crippen molar-refractivity contribution in [1.82, 2.24) is 5.32 Å². The van der Waals surface area contributed by atoms with Gasteiger partial charge in [0, 0.05) is 17.1 Å². The lowest BCUT2D eigenvalue weighted by Crippen LogP contribution is -2.44. The smallest absolute Gasteiger partial charge is 0.251 e. The number of rotatable bonds is 8. The zero-order valence-electron chi connectivity index (χ0n) is 15.4. The summed E-state index contributed by atoms with van der Waals surface area (Å²) in [5.74, 6) is 1.70. The van der Waals surface area contributed by atoms with E-state index < -0.39 is 0 Å². The molecular formula is C20H32ClNO. The van der Waals surface area contributed by atoms with E-state index in [0.717, 1.165) is 13.0 Å². The van der Waals surface area contributed by atoms with Crippen LogP contribution in [0.5, 0.6) is 0 Å². The van der Waals surface area contributed by atoms with E-state index in [2.05, 4.69) is 46.9 Å². The molecule has 0 fully saturated rings. The summed E-state index contributed by atoms with van der Waals surface area (Å²) in [6, 6.07) is 7.07. The SMILES string of the molecule is CC(C)CCC(CNC(=O)c1ccc(Cl)cc1)(C(C)C)C(C)C. The summed E-state index contributed by atoms with van der Waals surface area (Å²) in [6.45, 7) is 14.3. The second-order valence-electron chi connectivity index (χ2n) is 7.66. The third-order valence-electron chi connectivity index (χ3n) is 5.17. The van der Waals surface area contributed by atoms with Gasteiger partial charge in [-0.2, -0.15) is 0 Å². The molecule has 1 aromatic carbocycles. The Morgan fingerprint density at radius 1 is 1.04 bits per heavy atom. The number of carbonyl (C=O) groups excluding carboxylic acids is 1. The summed E-state index contributed by atoms with van der Waals surface area (Å²) in [6.07, 6.45) is 2.33. The van der Waals surface area contributed by atoms with Crippen molar-refractivity contribution < 1.29 is 4.79 Å². The molecule has 0 aliphatic rings. The van der Waals surface area contributed by atoms with Gasteiger partial charge in [-0.25, -0.2) is 0 Å². The summed E-state index contributed by atoms with van der Waals surface area (Å²) in [5, 5.41) is 3.81. The van der Waals surface area contributed by atoms with E-state index in [4.69, 9.17) is 11.6 Å². The fourth-order valence-corrected chi connectivity index (χ4v) is 3.37. The lowest BCUT2D eigenvalue weighted by molar-refractivity contribution is 0.0737. The first-order valence-electron chi connectivity index (χ1n) is 8.72. The minimum Gasteiger partial charge on any atom is -0.351 e. The largest absolute Gasteiger partial charge is 0.351 e. The third-order valence-corrected chi connectivity index (χ3v) is 5.42. The maximum Gasteiger partial charge on any atom is 0.251 e. The van der Waals surface area contributed by atoms with Crippen molar-refractivity contribution in [3.05, 3.63) is 34.9 Å². The first-order valence-corrected chi connectivity index (χ1v) is 9.10. The summed E-state index contributed by atoms with van der Waals surface area (Å²) < 4.78 is 0. The van der Waals surface area contributed by atoms with Gasteiger partial charge in [-0.15, -0.1) is 0 Å². The van der Waals surface area contributed by atoms with E-state index in [0.29, 0.717) is 28.3 Å². The van der Waals surface area contributed by atoms with Crippen molar-refractivity contribution in [2.45, 2.75) is 54.4 Å². The zero-order chi connectivity index (χ0) is 17.6. The van der Waals surface area contributed by atoms with Gasteiger partial charge in [-0.1, -0.05) is 59.6 Å².